The Balaban J connectivity index is 2.47. The second kappa shape index (κ2) is 7.63. The number of benzene rings is 3. The Morgan fingerprint density at radius 2 is 1.62 bits per heavy atom. The van der Waals surface area contributed by atoms with E-state index in [1.54, 1.807) is 0 Å². The highest BCUT2D eigenvalue weighted by molar-refractivity contribution is 6.34. The summed E-state index contributed by atoms with van der Waals surface area (Å²) in [4.78, 5) is 0. The summed E-state index contributed by atoms with van der Waals surface area (Å²) in [6.45, 7) is 0. The number of nitrogens with two attached hydrogens (primary N) is 1. The van der Waals surface area contributed by atoms with Crippen LogP contribution < -0.4 is 5.73 Å². The summed E-state index contributed by atoms with van der Waals surface area (Å²) >= 11 is 6.15. The molecule has 4 N–H and O–H groups in total. The number of aromatic hydroxyl groups is 1. The van der Waals surface area contributed by atoms with E-state index in [9.17, 15) is 22.7 Å². The van der Waals surface area contributed by atoms with Crippen molar-refractivity contribution in [2.75, 3.05) is 0 Å². The van der Waals surface area contributed by atoms with Crippen LogP contribution in [0.2, 0.25) is 5.02 Å². The maximum atomic E-state index is 13.5. The first-order valence-corrected chi connectivity index (χ1v) is 8.47. The van der Waals surface area contributed by atoms with Crippen molar-refractivity contribution < 1.29 is 27.9 Å². The monoisotopic (exact) mass is 424 g/mol. The predicted molar refractivity (Wildman–Crippen MR) is 101 cm³/mol. The molecule has 0 fully saturated rings. The van der Waals surface area contributed by atoms with Gasteiger partial charge in [-0.15, -0.1) is 0 Å². The lowest BCUT2D eigenvalue weighted by atomic mass is 9.88. The molecule has 0 radical (unpaired) electrons. The van der Waals surface area contributed by atoms with E-state index in [2.05, 4.69) is 5.16 Å². The summed E-state index contributed by atoms with van der Waals surface area (Å²) in [5, 5.41) is 21.4. The molecule has 0 aliphatic rings. The average Bonchev–Trinajstić information content (AvgIpc) is 2.66. The number of phenolic OH excluding ortho intramolecular Hbond substituents is 1. The van der Waals surface area contributed by atoms with Gasteiger partial charge in [0.25, 0.3) is 0 Å². The minimum atomic E-state index is -4.72. The number of hydrogen-bond acceptors (Lipinski definition) is 3. The zero-order valence-corrected chi connectivity index (χ0v) is 15.3. The van der Waals surface area contributed by atoms with Crippen LogP contribution in [0.3, 0.4) is 0 Å². The van der Waals surface area contributed by atoms with E-state index in [4.69, 9.17) is 22.5 Å². The molecule has 0 aliphatic carbocycles. The van der Waals surface area contributed by atoms with Gasteiger partial charge in [0.15, 0.2) is 5.84 Å². The Bertz CT molecular complexity index is 1100. The number of hydrogen-bond donors (Lipinski definition) is 3. The van der Waals surface area contributed by atoms with Crippen LogP contribution in [-0.4, -0.2) is 16.1 Å². The van der Waals surface area contributed by atoms with Gasteiger partial charge in [-0.1, -0.05) is 28.9 Å². The van der Waals surface area contributed by atoms with E-state index >= 15 is 0 Å². The van der Waals surface area contributed by atoms with E-state index in [1.807, 2.05) is 0 Å². The third kappa shape index (κ3) is 4.12. The lowest BCUT2D eigenvalue weighted by Gasteiger charge is -2.19. The molecule has 4 nitrogen and oxygen atoms in total. The molecule has 3 rings (SSSR count). The smallest absolute Gasteiger partial charge is 0.416 e. The molecule has 0 atom stereocenters. The van der Waals surface area contributed by atoms with Gasteiger partial charge in [0.2, 0.25) is 0 Å². The van der Waals surface area contributed by atoms with Gasteiger partial charge in [-0.2, -0.15) is 13.2 Å². The zero-order valence-electron chi connectivity index (χ0n) is 14.5. The first-order chi connectivity index (χ1) is 13.6. The molecule has 0 spiro atoms. The number of nitrogens with zero attached hydrogens (tertiary/aromatic N) is 1. The maximum Gasteiger partial charge on any atom is 0.416 e. The van der Waals surface area contributed by atoms with Crippen molar-refractivity contribution in [1.82, 2.24) is 0 Å². The predicted octanol–water partition coefficient (Wildman–Crippen LogP) is 5.63. The van der Waals surface area contributed by atoms with Crippen LogP contribution in [-0.2, 0) is 6.18 Å². The summed E-state index contributed by atoms with van der Waals surface area (Å²) in [5.74, 6) is -1.30. The molecule has 0 saturated carbocycles. The Morgan fingerprint density at radius 3 is 2.17 bits per heavy atom. The lowest BCUT2D eigenvalue weighted by Crippen LogP contribution is -2.17. The largest absolute Gasteiger partial charge is 0.508 e. The number of alkyl halides is 3. The highest BCUT2D eigenvalue weighted by Gasteiger charge is 2.33. The van der Waals surface area contributed by atoms with Gasteiger partial charge in [0.1, 0.15) is 11.6 Å². The molecule has 29 heavy (non-hydrogen) atoms. The van der Waals surface area contributed by atoms with Gasteiger partial charge in [0, 0.05) is 16.7 Å². The summed E-state index contributed by atoms with van der Waals surface area (Å²) < 4.78 is 54.0. The molecule has 9 heteroatoms. The first-order valence-electron chi connectivity index (χ1n) is 8.09. The van der Waals surface area contributed by atoms with E-state index in [-0.39, 0.29) is 33.0 Å². The zero-order chi connectivity index (χ0) is 21.3. The molecule has 3 aromatic carbocycles. The first kappa shape index (κ1) is 20.5. The van der Waals surface area contributed by atoms with Crippen molar-refractivity contribution in [2.24, 2.45) is 10.9 Å². The van der Waals surface area contributed by atoms with E-state index in [1.165, 1.54) is 30.3 Å². The van der Waals surface area contributed by atoms with Crippen LogP contribution in [0.1, 0.15) is 11.1 Å². The molecule has 0 unspecified atom stereocenters. The minimum absolute atomic E-state index is 0.0509. The minimum Gasteiger partial charge on any atom is -0.508 e. The van der Waals surface area contributed by atoms with Crippen molar-refractivity contribution >= 4 is 17.4 Å². The molecule has 3 aromatic rings. The summed E-state index contributed by atoms with van der Waals surface area (Å²) in [7, 11) is 0. The number of amidine groups is 1. The van der Waals surface area contributed by atoms with Gasteiger partial charge >= 0.3 is 6.18 Å². The third-order valence-corrected chi connectivity index (χ3v) is 4.54. The van der Waals surface area contributed by atoms with Gasteiger partial charge in [-0.3, -0.25) is 0 Å². The topological polar surface area (TPSA) is 78.8 Å². The Labute approximate surface area is 167 Å². The Hall–Kier alpha value is -3.26. The standard InChI is InChI=1S/C20H13ClF4N2O2/c21-17-9-12(22)3-6-14(17)18-15(10-1-4-13(28)5-2-10)7-11(20(23,24)25)8-16(18)19(26)27-29/h1-9,28-29H,(H2,26,27). The average molecular weight is 425 g/mol. The maximum absolute atomic E-state index is 13.5. The second-order valence-corrected chi connectivity index (χ2v) is 6.51. The normalized spacial score (nSPS) is 12.2. The van der Waals surface area contributed by atoms with Crippen LogP contribution in [0.25, 0.3) is 22.3 Å². The van der Waals surface area contributed by atoms with Crippen LogP contribution in [0.4, 0.5) is 17.6 Å². The molecule has 0 amide bonds. The number of rotatable bonds is 3. The van der Waals surface area contributed by atoms with Crippen molar-refractivity contribution in [3.8, 4) is 28.0 Å². The van der Waals surface area contributed by atoms with Crippen LogP contribution >= 0.6 is 11.6 Å². The fourth-order valence-corrected chi connectivity index (χ4v) is 3.17. The van der Waals surface area contributed by atoms with Crippen molar-refractivity contribution in [3.05, 3.63) is 76.6 Å². The Morgan fingerprint density at radius 1 is 0.966 bits per heavy atom. The van der Waals surface area contributed by atoms with Crippen LogP contribution in [0, 0.1) is 5.82 Å². The quantitative estimate of drug-likeness (QED) is 0.167. The third-order valence-electron chi connectivity index (χ3n) is 4.23. The fraction of sp³-hybridized carbons (Fsp3) is 0.0500. The Kier molecular flexibility index (Phi) is 5.39. The van der Waals surface area contributed by atoms with Gasteiger partial charge in [-0.25, -0.2) is 4.39 Å². The molecule has 0 bridgehead atoms. The summed E-state index contributed by atoms with van der Waals surface area (Å²) in [6, 6.07) is 10.4. The highest BCUT2D eigenvalue weighted by Crippen LogP contribution is 2.43. The molecular weight excluding hydrogens is 412 g/mol. The van der Waals surface area contributed by atoms with Crippen molar-refractivity contribution in [2.45, 2.75) is 6.18 Å². The molecular formula is C20H13ClF4N2O2. The van der Waals surface area contributed by atoms with Crippen LogP contribution in [0.15, 0.2) is 59.8 Å². The van der Waals surface area contributed by atoms with E-state index in [0.29, 0.717) is 5.56 Å². The van der Waals surface area contributed by atoms with Gasteiger partial charge in [0.05, 0.1) is 10.6 Å². The van der Waals surface area contributed by atoms with Crippen molar-refractivity contribution in [3.63, 3.8) is 0 Å². The number of phenols is 1. The lowest BCUT2D eigenvalue weighted by molar-refractivity contribution is -0.137. The number of halogens is 5. The van der Waals surface area contributed by atoms with Crippen molar-refractivity contribution in [1.29, 1.82) is 0 Å². The molecule has 0 saturated heterocycles. The number of oxime groups is 1. The molecule has 0 heterocycles. The highest BCUT2D eigenvalue weighted by atomic mass is 35.5. The fourth-order valence-electron chi connectivity index (χ4n) is 2.91. The SMILES string of the molecule is N/C(=N\O)c1cc(C(F)(F)F)cc(-c2ccc(O)cc2)c1-c1ccc(F)cc1Cl. The van der Waals surface area contributed by atoms with Gasteiger partial charge in [-0.05, 0) is 53.6 Å². The molecule has 150 valence electrons. The molecule has 0 aliphatic heterocycles. The molecule has 0 aromatic heterocycles. The van der Waals surface area contributed by atoms with Crippen LogP contribution in [0.5, 0.6) is 5.75 Å². The summed E-state index contributed by atoms with van der Waals surface area (Å²) in [6.07, 6.45) is -4.72. The second-order valence-electron chi connectivity index (χ2n) is 6.10. The van der Waals surface area contributed by atoms with E-state index < -0.39 is 23.4 Å². The van der Waals surface area contributed by atoms with Gasteiger partial charge < -0.3 is 16.0 Å². The summed E-state index contributed by atoms with van der Waals surface area (Å²) in [5.41, 5.74) is 5.05. The van der Waals surface area contributed by atoms with E-state index in [0.717, 1.165) is 24.3 Å².